The summed E-state index contributed by atoms with van der Waals surface area (Å²) in [5.74, 6) is -0.617. The molecule has 3 N–H and O–H groups in total. The number of ether oxygens (including phenoxy) is 1. The van der Waals surface area contributed by atoms with Crippen molar-refractivity contribution in [2.75, 3.05) is 19.7 Å². The maximum atomic E-state index is 12.2. The number of carbonyl (C=O) groups excluding carboxylic acids is 2. The number of hydrogen-bond acceptors (Lipinski definition) is 4. The number of carbonyl (C=O) groups is 2. The molecule has 23 heavy (non-hydrogen) atoms. The summed E-state index contributed by atoms with van der Waals surface area (Å²) in [4.78, 5) is 24.8. The molecule has 1 unspecified atom stereocenters. The van der Waals surface area contributed by atoms with Crippen LogP contribution in [0.15, 0.2) is 30.3 Å². The third kappa shape index (κ3) is 5.65. The summed E-state index contributed by atoms with van der Waals surface area (Å²) < 4.78 is 5.51. The van der Waals surface area contributed by atoms with Crippen molar-refractivity contribution >= 4 is 11.8 Å². The Morgan fingerprint density at radius 1 is 1.30 bits per heavy atom. The summed E-state index contributed by atoms with van der Waals surface area (Å²) in [6.45, 7) is 1.56. The monoisotopic (exact) mass is 320 g/mol. The van der Waals surface area contributed by atoms with E-state index >= 15 is 0 Å². The second kappa shape index (κ2) is 8.08. The van der Waals surface area contributed by atoms with E-state index in [-0.39, 0.29) is 25.3 Å². The van der Waals surface area contributed by atoms with E-state index in [1.807, 2.05) is 30.3 Å². The van der Waals surface area contributed by atoms with Gasteiger partial charge in [0.25, 0.3) is 0 Å². The maximum absolute atomic E-state index is 12.2. The Labute approximate surface area is 136 Å². The molecule has 1 aromatic rings. The van der Waals surface area contributed by atoms with E-state index < -0.39 is 11.5 Å². The average molecular weight is 320 g/mol. The maximum Gasteiger partial charge on any atom is 0.224 e. The zero-order valence-corrected chi connectivity index (χ0v) is 13.2. The van der Waals surface area contributed by atoms with E-state index in [2.05, 4.69) is 0 Å². The van der Waals surface area contributed by atoms with Gasteiger partial charge in [0.05, 0.1) is 31.7 Å². The van der Waals surface area contributed by atoms with Gasteiger partial charge < -0.3 is 20.5 Å². The molecule has 0 bridgehead atoms. The standard InChI is InChI=1S/C17H24N2O4/c18-15(20)11-17(22)8-4-9-19(13-17)16(21)7-10-23-12-14-5-2-1-3-6-14/h1-3,5-6,22H,4,7-13H2,(H2,18,20). The highest BCUT2D eigenvalue weighted by molar-refractivity contribution is 5.77. The summed E-state index contributed by atoms with van der Waals surface area (Å²) in [5.41, 5.74) is 5.03. The van der Waals surface area contributed by atoms with Gasteiger partial charge >= 0.3 is 0 Å². The topological polar surface area (TPSA) is 92.9 Å². The van der Waals surface area contributed by atoms with Crippen LogP contribution in [-0.2, 0) is 20.9 Å². The predicted octanol–water partition coefficient (Wildman–Crippen LogP) is 0.822. The molecule has 0 aromatic heterocycles. The van der Waals surface area contributed by atoms with Gasteiger partial charge in [-0.2, -0.15) is 0 Å². The number of nitrogens with zero attached hydrogens (tertiary/aromatic N) is 1. The Hall–Kier alpha value is -1.92. The Bertz CT molecular complexity index is 535. The van der Waals surface area contributed by atoms with Crippen LogP contribution < -0.4 is 5.73 Å². The smallest absolute Gasteiger partial charge is 0.224 e. The first kappa shape index (κ1) is 17.4. The Balaban J connectivity index is 1.73. The van der Waals surface area contributed by atoms with Crippen LogP contribution in [0.3, 0.4) is 0 Å². The van der Waals surface area contributed by atoms with E-state index in [0.29, 0.717) is 32.6 Å². The van der Waals surface area contributed by atoms with Gasteiger partial charge in [-0.15, -0.1) is 0 Å². The molecule has 2 rings (SSSR count). The van der Waals surface area contributed by atoms with Gasteiger partial charge in [-0.05, 0) is 18.4 Å². The van der Waals surface area contributed by atoms with Crippen LogP contribution in [0.4, 0.5) is 0 Å². The molecule has 0 saturated carbocycles. The number of piperidine rings is 1. The molecular weight excluding hydrogens is 296 g/mol. The Morgan fingerprint density at radius 2 is 2.04 bits per heavy atom. The number of benzene rings is 1. The molecule has 0 radical (unpaired) electrons. The lowest BCUT2D eigenvalue weighted by Gasteiger charge is -2.38. The highest BCUT2D eigenvalue weighted by Crippen LogP contribution is 2.24. The van der Waals surface area contributed by atoms with Crippen molar-refractivity contribution < 1.29 is 19.4 Å². The molecule has 1 aliphatic rings. The summed E-state index contributed by atoms with van der Waals surface area (Å²) in [5, 5.41) is 10.4. The van der Waals surface area contributed by atoms with Crippen LogP contribution in [0, 0.1) is 0 Å². The van der Waals surface area contributed by atoms with Gasteiger partial charge in [0.1, 0.15) is 0 Å². The number of hydrogen-bond donors (Lipinski definition) is 2. The van der Waals surface area contributed by atoms with E-state index in [4.69, 9.17) is 10.5 Å². The molecule has 126 valence electrons. The van der Waals surface area contributed by atoms with Crippen LogP contribution in [-0.4, -0.2) is 47.1 Å². The largest absolute Gasteiger partial charge is 0.388 e. The fraction of sp³-hybridized carbons (Fsp3) is 0.529. The van der Waals surface area contributed by atoms with Gasteiger partial charge in [-0.25, -0.2) is 0 Å². The third-order valence-corrected chi connectivity index (χ3v) is 3.98. The van der Waals surface area contributed by atoms with Gasteiger partial charge in [0.2, 0.25) is 11.8 Å². The number of aliphatic hydroxyl groups is 1. The van der Waals surface area contributed by atoms with Crippen LogP contribution in [0.5, 0.6) is 0 Å². The minimum Gasteiger partial charge on any atom is -0.388 e. The molecule has 1 heterocycles. The van der Waals surface area contributed by atoms with Crippen LogP contribution in [0.1, 0.15) is 31.2 Å². The highest BCUT2D eigenvalue weighted by atomic mass is 16.5. The number of primary amides is 1. The van der Waals surface area contributed by atoms with Crippen molar-refractivity contribution in [1.82, 2.24) is 4.90 Å². The van der Waals surface area contributed by atoms with Gasteiger partial charge in [0, 0.05) is 13.1 Å². The molecule has 0 aliphatic carbocycles. The van der Waals surface area contributed by atoms with Crippen LogP contribution >= 0.6 is 0 Å². The molecule has 6 nitrogen and oxygen atoms in total. The minimum atomic E-state index is -1.19. The van der Waals surface area contributed by atoms with Crippen molar-refractivity contribution in [3.05, 3.63) is 35.9 Å². The van der Waals surface area contributed by atoms with Gasteiger partial charge in [-0.1, -0.05) is 30.3 Å². The molecule has 0 spiro atoms. The highest BCUT2D eigenvalue weighted by Gasteiger charge is 2.36. The van der Waals surface area contributed by atoms with E-state index in [9.17, 15) is 14.7 Å². The van der Waals surface area contributed by atoms with Crippen molar-refractivity contribution in [2.45, 2.75) is 37.9 Å². The van der Waals surface area contributed by atoms with E-state index in [1.54, 1.807) is 4.90 Å². The predicted molar refractivity (Wildman–Crippen MR) is 85.3 cm³/mol. The first-order valence-corrected chi connectivity index (χ1v) is 7.89. The van der Waals surface area contributed by atoms with Crippen molar-refractivity contribution in [3.63, 3.8) is 0 Å². The number of rotatable bonds is 7. The zero-order valence-electron chi connectivity index (χ0n) is 13.2. The van der Waals surface area contributed by atoms with Crippen molar-refractivity contribution in [1.29, 1.82) is 0 Å². The summed E-state index contributed by atoms with van der Waals surface area (Å²) in [6, 6.07) is 9.76. The van der Waals surface area contributed by atoms with Gasteiger partial charge in [-0.3, -0.25) is 9.59 Å². The van der Waals surface area contributed by atoms with Crippen LogP contribution in [0.2, 0.25) is 0 Å². The second-order valence-electron chi connectivity index (χ2n) is 6.07. The Kier molecular flexibility index (Phi) is 6.12. The summed E-state index contributed by atoms with van der Waals surface area (Å²) in [6.07, 6.45) is 1.31. The van der Waals surface area contributed by atoms with Crippen LogP contribution in [0.25, 0.3) is 0 Å². The number of nitrogens with two attached hydrogens (primary N) is 1. The average Bonchev–Trinajstić information content (AvgIpc) is 2.51. The van der Waals surface area contributed by atoms with E-state index in [0.717, 1.165) is 5.56 Å². The number of likely N-dealkylation sites (tertiary alicyclic amines) is 1. The first-order chi connectivity index (χ1) is 11.0. The molecule has 1 fully saturated rings. The zero-order chi connectivity index (χ0) is 16.7. The molecule has 1 aliphatic heterocycles. The van der Waals surface area contributed by atoms with Crippen molar-refractivity contribution in [2.24, 2.45) is 5.73 Å². The fourth-order valence-electron chi connectivity index (χ4n) is 2.88. The molecule has 2 amide bonds. The number of β-amino-alcohol motifs (C(OH)–C–C–N with tert-alkyl or cyclic N) is 1. The molecular formula is C17H24N2O4. The van der Waals surface area contributed by atoms with E-state index in [1.165, 1.54) is 0 Å². The SMILES string of the molecule is NC(=O)CC1(O)CCCN(C(=O)CCOCc2ccccc2)C1. The lowest BCUT2D eigenvalue weighted by molar-refractivity contribution is -0.142. The van der Waals surface area contributed by atoms with Gasteiger partial charge in [0.15, 0.2) is 0 Å². The summed E-state index contributed by atoms with van der Waals surface area (Å²) >= 11 is 0. The normalized spacial score (nSPS) is 21.2. The fourth-order valence-corrected chi connectivity index (χ4v) is 2.88. The molecule has 1 atom stereocenters. The lowest BCUT2D eigenvalue weighted by Crippen LogP contribution is -2.52. The first-order valence-electron chi connectivity index (χ1n) is 7.89. The molecule has 6 heteroatoms. The lowest BCUT2D eigenvalue weighted by atomic mass is 9.89. The summed E-state index contributed by atoms with van der Waals surface area (Å²) in [7, 11) is 0. The number of amides is 2. The molecule has 1 aromatic carbocycles. The molecule has 1 saturated heterocycles. The third-order valence-electron chi connectivity index (χ3n) is 3.98. The second-order valence-corrected chi connectivity index (χ2v) is 6.07. The quantitative estimate of drug-likeness (QED) is 0.728. The van der Waals surface area contributed by atoms with Crippen molar-refractivity contribution in [3.8, 4) is 0 Å². The minimum absolute atomic E-state index is 0.0688. The Morgan fingerprint density at radius 3 is 2.74 bits per heavy atom.